The van der Waals surface area contributed by atoms with Gasteiger partial charge >= 0.3 is 7.05 Å². The van der Waals surface area contributed by atoms with Gasteiger partial charge in [0.2, 0.25) is 0 Å². The van der Waals surface area contributed by atoms with Crippen molar-refractivity contribution in [3.05, 3.63) is 36.0 Å². The number of hydrogen-bond acceptors (Lipinski definition) is 6. The van der Waals surface area contributed by atoms with E-state index >= 15 is 0 Å². The fraction of sp³-hybridized carbons (Fsp3) is 0.478. The maximum Gasteiger partial charge on any atom is 0.413 e. The Labute approximate surface area is 183 Å². The molecule has 0 saturated carbocycles. The van der Waals surface area contributed by atoms with Crippen molar-refractivity contribution in [2.45, 2.75) is 58.8 Å². The molecule has 1 saturated heterocycles. The predicted octanol–water partition coefficient (Wildman–Crippen LogP) is 2.30. The van der Waals surface area contributed by atoms with Crippen LogP contribution < -0.4 is 15.6 Å². The van der Waals surface area contributed by atoms with Crippen LogP contribution in [0.15, 0.2) is 30.5 Å². The van der Waals surface area contributed by atoms with Gasteiger partial charge in [-0.1, -0.05) is 6.07 Å². The first-order valence-corrected chi connectivity index (χ1v) is 11.3. The number of fused-ring (bicyclic) bond motifs is 3. The van der Waals surface area contributed by atoms with Crippen molar-refractivity contribution in [1.29, 1.82) is 0 Å². The van der Waals surface area contributed by atoms with Crippen molar-refractivity contribution in [3.63, 3.8) is 0 Å². The molecule has 5 rings (SSSR count). The number of nitrogens with one attached hydrogen (secondary N) is 1. The van der Waals surface area contributed by atoms with E-state index in [0.717, 1.165) is 45.8 Å². The Hall–Kier alpha value is -2.42. The molecule has 8 heteroatoms. The van der Waals surface area contributed by atoms with Gasteiger partial charge in [0.05, 0.1) is 17.6 Å². The van der Waals surface area contributed by atoms with Crippen LogP contribution in [-0.2, 0) is 17.8 Å². The lowest BCUT2D eigenvalue weighted by Gasteiger charge is -2.27. The molecule has 0 amide bonds. The summed E-state index contributed by atoms with van der Waals surface area (Å²) in [4.78, 5) is 12.3. The Balaban J connectivity index is 1.56. The molecule has 31 heavy (non-hydrogen) atoms. The highest BCUT2D eigenvalue weighted by atomic mass is 16.5. The second-order valence-corrected chi connectivity index (χ2v) is 8.66. The number of anilines is 1. The highest BCUT2D eigenvalue weighted by Gasteiger charge is 2.30. The molecule has 0 spiro atoms. The number of ether oxygens (including phenoxy) is 1. The van der Waals surface area contributed by atoms with Crippen LogP contribution in [0.3, 0.4) is 0 Å². The van der Waals surface area contributed by atoms with E-state index in [-0.39, 0.29) is 0 Å². The molecule has 0 unspecified atom stereocenters. The van der Waals surface area contributed by atoms with E-state index in [4.69, 9.17) is 14.7 Å². The molecule has 1 aromatic carbocycles. The summed E-state index contributed by atoms with van der Waals surface area (Å²) < 4.78 is 7.86. The van der Waals surface area contributed by atoms with Crippen LogP contribution in [-0.4, -0.2) is 51.9 Å². The SMILES string of the molecule is CCOCCn1c(-c2ccc(N3[C@@H](C)CC[C@@H]3C)nc2)nc2c3c(ccc21)B(O)NC3. The summed E-state index contributed by atoms with van der Waals surface area (Å²) in [5, 5.41) is 13.3. The minimum absolute atomic E-state index is 0.519. The Morgan fingerprint density at radius 2 is 2.00 bits per heavy atom. The molecule has 0 radical (unpaired) electrons. The van der Waals surface area contributed by atoms with Gasteiger partial charge in [-0.3, -0.25) is 0 Å². The van der Waals surface area contributed by atoms with Crippen LogP contribution in [0.1, 0.15) is 39.2 Å². The lowest BCUT2D eigenvalue weighted by Crippen LogP contribution is -2.37. The third kappa shape index (κ3) is 3.52. The number of pyridine rings is 1. The molecule has 2 atom stereocenters. The molecular weight excluding hydrogens is 389 g/mol. The van der Waals surface area contributed by atoms with Crippen molar-refractivity contribution in [2.75, 3.05) is 18.1 Å². The van der Waals surface area contributed by atoms with Gasteiger partial charge in [-0.2, -0.15) is 0 Å². The highest BCUT2D eigenvalue weighted by molar-refractivity contribution is 6.65. The summed E-state index contributed by atoms with van der Waals surface area (Å²) in [5.41, 5.74) is 5.00. The molecule has 3 aromatic rings. The fourth-order valence-electron chi connectivity index (χ4n) is 5.08. The van der Waals surface area contributed by atoms with Gasteiger partial charge in [0.1, 0.15) is 11.6 Å². The average Bonchev–Trinajstić information content (AvgIpc) is 3.44. The maximum absolute atomic E-state index is 10.2. The summed E-state index contributed by atoms with van der Waals surface area (Å²) in [6.45, 7) is 9.21. The molecule has 0 aliphatic carbocycles. The van der Waals surface area contributed by atoms with E-state index in [1.807, 2.05) is 19.2 Å². The Bertz CT molecular complexity index is 1070. The van der Waals surface area contributed by atoms with Gasteiger partial charge < -0.3 is 24.5 Å². The lowest BCUT2D eigenvalue weighted by atomic mass is 9.76. The third-order valence-electron chi connectivity index (χ3n) is 6.71. The summed E-state index contributed by atoms with van der Waals surface area (Å²) in [6.07, 6.45) is 4.37. The maximum atomic E-state index is 10.2. The van der Waals surface area contributed by atoms with E-state index in [1.165, 1.54) is 12.8 Å². The summed E-state index contributed by atoms with van der Waals surface area (Å²) in [6, 6.07) is 9.35. The van der Waals surface area contributed by atoms with Gasteiger partial charge in [0.25, 0.3) is 0 Å². The summed E-state index contributed by atoms with van der Waals surface area (Å²) >= 11 is 0. The van der Waals surface area contributed by atoms with Crippen molar-refractivity contribution in [2.24, 2.45) is 0 Å². The zero-order valence-electron chi connectivity index (χ0n) is 18.5. The molecule has 162 valence electrons. The zero-order chi connectivity index (χ0) is 21.5. The van der Waals surface area contributed by atoms with Gasteiger partial charge in [0.15, 0.2) is 0 Å². The number of nitrogens with zero attached hydrogens (tertiary/aromatic N) is 4. The molecule has 2 aliphatic rings. The Morgan fingerprint density at radius 1 is 1.19 bits per heavy atom. The first kappa shape index (κ1) is 20.5. The predicted molar refractivity (Wildman–Crippen MR) is 125 cm³/mol. The molecular formula is C23H30BN5O2. The average molecular weight is 419 g/mol. The molecule has 2 aliphatic heterocycles. The first-order valence-electron chi connectivity index (χ1n) is 11.3. The zero-order valence-corrected chi connectivity index (χ0v) is 18.5. The van der Waals surface area contributed by atoms with E-state index in [1.54, 1.807) is 0 Å². The number of imidazole rings is 1. The van der Waals surface area contributed by atoms with Crippen LogP contribution in [0.25, 0.3) is 22.4 Å². The first-order chi connectivity index (χ1) is 15.1. The lowest BCUT2D eigenvalue weighted by molar-refractivity contribution is 0.140. The van der Waals surface area contributed by atoms with Crippen molar-refractivity contribution < 1.29 is 9.76 Å². The minimum atomic E-state index is -0.623. The van der Waals surface area contributed by atoms with Gasteiger partial charge in [-0.05, 0) is 62.8 Å². The summed E-state index contributed by atoms with van der Waals surface area (Å²) in [7, 11) is -0.623. The van der Waals surface area contributed by atoms with Gasteiger partial charge in [-0.15, -0.1) is 0 Å². The molecule has 4 heterocycles. The van der Waals surface area contributed by atoms with Crippen LogP contribution in [0.4, 0.5) is 5.82 Å². The molecule has 1 fully saturated rings. The number of hydrogen-bond donors (Lipinski definition) is 2. The van der Waals surface area contributed by atoms with Crippen LogP contribution >= 0.6 is 0 Å². The standard InChI is InChI=1S/C23H30BN5O2/c1-4-31-12-11-28-20-9-8-19-18(14-26-24(19)30)22(20)27-23(28)17-7-10-21(25-13-17)29-15(2)5-6-16(29)3/h7-10,13,15-16,26,30H,4-6,11-12,14H2,1-3H3/t15-,16-/m0/s1. The molecule has 7 nitrogen and oxygen atoms in total. The Kier molecular flexibility index (Phi) is 5.46. The van der Waals surface area contributed by atoms with Gasteiger partial charge in [0, 0.05) is 43.5 Å². The largest absolute Gasteiger partial charge is 0.433 e. The quantitative estimate of drug-likeness (QED) is 0.472. The molecule has 2 N–H and O–H groups in total. The van der Waals surface area contributed by atoms with Crippen LogP contribution in [0.2, 0.25) is 0 Å². The van der Waals surface area contributed by atoms with E-state index in [9.17, 15) is 5.02 Å². The second kappa shape index (κ2) is 8.26. The van der Waals surface area contributed by atoms with E-state index < -0.39 is 7.05 Å². The van der Waals surface area contributed by atoms with Crippen molar-refractivity contribution in [3.8, 4) is 11.4 Å². The third-order valence-corrected chi connectivity index (χ3v) is 6.71. The molecule has 0 bridgehead atoms. The number of aromatic nitrogens is 3. The van der Waals surface area contributed by atoms with Crippen LogP contribution in [0.5, 0.6) is 0 Å². The highest BCUT2D eigenvalue weighted by Crippen LogP contribution is 2.31. The number of benzene rings is 1. The monoisotopic (exact) mass is 419 g/mol. The van der Waals surface area contributed by atoms with Crippen LogP contribution in [0, 0.1) is 0 Å². The normalized spacial score (nSPS) is 20.8. The van der Waals surface area contributed by atoms with Crippen molar-refractivity contribution in [1.82, 2.24) is 19.8 Å². The van der Waals surface area contributed by atoms with Crippen molar-refractivity contribution >= 4 is 29.4 Å². The summed E-state index contributed by atoms with van der Waals surface area (Å²) in [5.74, 6) is 1.93. The van der Waals surface area contributed by atoms with E-state index in [2.05, 4.69) is 46.7 Å². The smallest absolute Gasteiger partial charge is 0.413 e. The topological polar surface area (TPSA) is 75.4 Å². The fourth-order valence-corrected chi connectivity index (χ4v) is 5.08. The Morgan fingerprint density at radius 3 is 2.71 bits per heavy atom. The second-order valence-electron chi connectivity index (χ2n) is 8.66. The van der Waals surface area contributed by atoms with Gasteiger partial charge in [-0.25, -0.2) is 9.97 Å². The van der Waals surface area contributed by atoms with E-state index in [0.29, 0.717) is 31.8 Å². The minimum Gasteiger partial charge on any atom is -0.433 e. The molecule has 2 aromatic heterocycles. The number of rotatable bonds is 6.